The SMILES string of the molecule is COc1c(NC(=O)c2ccc(C)c(N3CC(c4cnc5n4CCCC5)N=N3)c2)cc(C(C)(C)C)cc1NS(C)(=O)=O. The Morgan fingerprint density at radius 2 is 1.88 bits per heavy atom. The average molecular weight is 580 g/mol. The Bertz CT molecular complexity index is 1620. The summed E-state index contributed by atoms with van der Waals surface area (Å²) in [7, 11) is -2.15. The number of sulfonamides is 1. The first-order valence-electron chi connectivity index (χ1n) is 13.7. The first kappa shape index (κ1) is 28.6. The maximum absolute atomic E-state index is 13.5. The largest absolute Gasteiger partial charge is 0.492 e. The van der Waals surface area contributed by atoms with Crippen molar-refractivity contribution in [3.8, 4) is 5.75 Å². The van der Waals surface area contributed by atoms with E-state index in [4.69, 9.17) is 4.74 Å². The van der Waals surface area contributed by atoms with Crippen LogP contribution in [0, 0.1) is 6.92 Å². The van der Waals surface area contributed by atoms with Crippen LogP contribution in [0.15, 0.2) is 46.9 Å². The summed E-state index contributed by atoms with van der Waals surface area (Å²) in [6, 6.07) is 8.84. The van der Waals surface area contributed by atoms with Crippen molar-refractivity contribution in [1.29, 1.82) is 0 Å². The Balaban J connectivity index is 1.41. The van der Waals surface area contributed by atoms with Crippen molar-refractivity contribution in [3.05, 3.63) is 64.7 Å². The minimum Gasteiger partial charge on any atom is -0.492 e. The van der Waals surface area contributed by atoms with Crippen molar-refractivity contribution in [2.45, 2.75) is 65.0 Å². The van der Waals surface area contributed by atoms with Gasteiger partial charge in [0.05, 0.1) is 48.9 Å². The average Bonchev–Trinajstić information content (AvgIpc) is 3.54. The van der Waals surface area contributed by atoms with E-state index in [0.717, 1.165) is 60.4 Å². The molecular formula is C29H37N7O4S. The number of anilines is 3. The van der Waals surface area contributed by atoms with E-state index in [1.807, 2.05) is 51.0 Å². The third-order valence-electron chi connectivity index (χ3n) is 7.44. The molecule has 0 spiro atoms. The number of carbonyl (C=O) groups excluding carboxylic acids is 1. The second-order valence-corrected chi connectivity index (χ2v) is 13.4. The van der Waals surface area contributed by atoms with Crippen LogP contribution < -0.4 is 19.8 Å². The Labute approximate surface area is 241 Å². The van der Waals surface area contributed by atoms with Gasteiger partial charge < -0.3 is 14.6 Å². The quantitative estimate of drug-likeness (QED) is 0.386. The first-order valence-corrected chi connectivity index (χ1v) is 15.6. The zero-order valence-electron chi connectivity index (χ0n) is 24.4. The normalized spacial score (nSPS) is 16.9. The van der Waals surface area contributed by atoms with Crippen LogP contribution in [-0.2, 0) is 28.4 Å². The molecule has 1 aromatic heterocycles. The number of aryl methyl sites for hydroxylation is 2. The fraction of sp³-hybridized carbons (Fsp3) is 0.448. The number of aromatic nitrogens is 2. The number of imidazole rings is 1. The molecule has 12 heteroatoms. The second-order valence-electron chi connectivity index (χ2n) is 11.7. The van der Waals surface area contributed by atoms with Gasteiger partial charge in [0.15, 0.2) is 5.75 Å². The van der Waals surface area contributed by atoms with E-state index in [9.17, 15) is 13.2 Å². The molecule has 1 unspecified atom stereocenters. The molecule has 0 radical (unpaired) electrons. The van der Waals surface area contributed by atoms with Crippen LogP contribution in [0.4, 0.5) is 17.1 Å². The molecule has 2 aliphatic heterocycles. The molecule has 5 rings (SSSR count). The second kappa shape index (κ2) is 10.8. The van der Waals surface area contributed by atoms with Crippen molar-refractivity contribution >= 4 is 33.0 Å². The van der Waals surface area contributed by atoms with Gasteiger partial charge in [-0.2, -0.15) is 5.11 Å². The van der Waals surface area contributed by atoms with E-state index in [-0.39, 0.29) is 28.8 Å². The summed E-state index contributed by atoms with van der Waals surface area (Å²) in [5.74, 6) is 0.971. The number of nitrogens with zero attached hydrogens (tertiary/aromatic N) is 5. The topological polar surface area (TPSA) is 130 Å². The van der Waals surface area contributed by atoms with Gasteiger partial charge in [0.2, 0.25) is 10.0 Å². The van der Waals surface area contributed by atoms with Crippen LogP contribution in [0.2, 0.25) is 0 Å². The molecule has 3 aromatic rings. The highest BCUT2D eigenvalue weighted by atomic mass is 32.2. The van der Waals surface area contributed by atoms with Crippen LogP contribution >= 0.6 is 0 Å². The van der Waals surface area contributed by atoms with E-state index in [1.54, 1.807) is 18.2 Å². The van der Waals surface area contributed by atoms with E-state index >= 15 is 0 Å². The number of hydrogen-bond acceptors (Lipinski definition) is 8. The highest BCUT2D eigenvalue weighted by molar-refractivity contribution is 7.92. The minimum atomic E-state index is -3.59. The number of methoxy groups -OCH3 is 1. The van der Waals surface area contributed by atoms with Gasteiger partial charge in [-0.05, 0) is 60.6 Å². The fourth-order valence-electron chi connectivity index (χ4n) is 5.24. The molecule has 1 amide bonds. The summed E-state index contributed by atoms with van der Waals surface area (Å²) in [6.07, 6.45) is 6.26. The van der Waals surface area contributed by atoms with Crippen LogP contribution in [0.25, 0.3) is 0 Å². The van der Waals surface area contributed by atoms with E-state index < -0.39 is 10.0 Å². The molecule has 2 N–H and O–H groups in total. The highest BCUT2D eigenvalue weighted by Crippen LogP contribution is 2.40. The summed E-state index contributed by atoms with van der Waals surface area (Å²) in [5.41, 5.74) is 4.38. The van der Waals surface area contributed by atoms with Gasteiger partial charge in [-0.1, -0.05) is 32.1 Å². The first-order chi connectivity index (χ1) is 19.3. The standard InChI is InChI=1S/C29H37N7O4S/c1-18-10-11-19(13-24(18)36-17-23(32-34-36)25-16-30-26-9-7-8-12-35(25)26)28(37)31-21-14-20(29(2,3)4)15-22(27(21)40-5)33-41(6,38)39/h10-11,13-16,23,33H,7-9,12,17H2,1-6H3,(H,31,37). The van der Waals surface area contributed by atoms with E-state index in [2.05, 4.69) is 29.9 Å². The fourth-order valence-corrected chi connectivity index (χ4v) is 5.79. The number of amides is 1. The number of hydrogen-bond donors (Lipinski definition) is 2. The number of fused-ring (bicyclic) bond motifs is 1. The van der Waals surface area contributed by atoms with Gasteiger partial charge in [-0.25, -0.2) is 18.4 Å². The Morgan fingerprint density at radius 1 is 1.12 bits per heavy atom. The molecule has 0 fully saturated rings. The van der Waals surface area contributed by atoms with Gasteiger partial charge >= 0.3 is 0 Å². The number of benzene rings is 2. The summed E-state index contributed by atoms with van der Waals surface area (Å²) >= 11 is 0. The lowest BCUT2D eigenvalue weighted by Crippen LogP contribution is -2.21. The molecule has 0 bridgehead atoms. The monoisotopic (exact) mass is 579 g/mol. The van der Waals surface area contributed by atoms with Crippen molar-refractivity contribution < 1.29 is 17.9 Å². The number of nitrogens with one attached hydrogen (secondary N) is 2. The Hall–Kier alpha value is -3.93. The number of carbonyl (C=O) groups is 1. The minimum absolute atomic E-state index is 0.128. The number of ether oxygens (including phenoxy) is 1. The molecule has 218 valence electrons. The summed E-state index contributed by atoms with van der Waals surface area (Å²) in [5, 5.41) is 13.8. The summed E-state index contributed by atoms with van der Waals surface area (Å²) in [6.45, 7) is 9.50. The summed E-state index contributed by atoms with van der Waals surface area (Å²) in [4.78, 5) is 18.1. The molecule has 2 aromatic carbocycles. The lowest BCUT2D eigenvalue weighted by Gasteiger charge is -2.24. The molecule has 0 saturated heterocycles. The number of rotatable bonds is 7. The van der Waals surface area contributed by atoms with Crippen molar-refractivity contribution in [1.82, 2.24) is 9.55 Å². The maximum Gasteiger partial charge on any atom is 0.255 e. The van der Waals surface area contributed by atoms with Gasteiger partial charge in [-0.15, -0.1) is 0 Å². The van der Waals surface area contributed by atoms with Gasteiger partial charge in [-0.3, -0.25) is 9.52 Å². The predicted octanol–water partition coefficient (Wildman–Crippen LogP) is 5.39. The molecule has 0 saturated carbocycles. The van der Waals surface area contributed by atoms with Gasteiger partial charge in [0.25, 0.3) is 5.91 Å². The molecule has 41 heavy (non-hydrogen) atoms. The van der Waals surface area contributed by atoms with E-state index in [1.165, 1.54) is 7.11 Å². The predicted molar refractivity (Wildman–Crippen MR) is 159 cm³/mol. The summed E-state index contributed by atoms with van der Waals surface area (Å²) < 4.78 is 34.5. The Kier molecular flexibility index (Phi) is 7.54. The molecule has 11 nitrogen and oxygen atoms in total. The van der Waals surface area contributed by atoms with Gasteiger partial charge in [0, 0.05) is 18.5 Å². The van der Waals surface area contributed by atoms with Crippen molar-refractivity contribution in [2.75, 3.05) is 35.0 Å². The highest BCUT2D eigenvalue weighted by Gasteiger charge is 2.29. The third-order valence-corrected chi connectivity index (χ3v) is 8.03. The smallest absolute Gasteiger partial charge is 0.255 e. The maximum atomic E-state index is 13.5. The van der Waals surface area contributed by atoms with Crippen LogP contribution in [-0.4, -0.2) is 43.8 Å². The van der Waals surface area contributed by atoms with Crippen LogP contribution in [0.1, 0.15) is 72.7 Å². The van der Waals surface area contributed by atoms with Crippen LogP contribution in [0.5, 0.6) is 5.75 Å². The molecular weight excluding hydrogens is 542 g/mol. The zero-order valence-corrected chi connectivity index (χ0v) is 25.2. The molecule has 3 heterocycles. The Morgan fingerprint density at radius 3 is 2.59 bits per heavy atom. The molecule has 2 aliphatic rings. The van der Waals surface area contributed by atoms with Crippen molar-refractivity contribution in [2.24, 2.45) is 10.3 Å². The van der Waals surface area contributed by atoms with E-state index in [0.29, 0.717) is 17.8 Å². The molecule has 0 aliphatic carbocycles. The lowest BCUT2D eigenvalue weighted by molar-refractivity contribution is 0.102. The van der Waals surface area contributed by atoms with Gasteiger partial charge in [0.1, 0.15) is 11.9 Å². The molecule has 1 atom stereocenters. The zero-order chi connectivity index (χ0) is 29.5. The van der Waals surface area contributed by atoms with Crippen molar-refractivity contribution in [3.63, 3.8) is 0 Å². The van der Waals surface area contributed by atoms with Crippen LogP contribution in [0.3, 0.4) is 0 Å². The lowest BCUT2D eigenvalue weighted by atomic mass is 9.86. The third kappa shape index (κ3) is 6.07.